The first kappa shape index (κ1) is 15.3. The zero-order valence-electron chi connectivity index (χ0n) is 11.7. The van der Waals surface area contributed by atoms with Crippen LogP contribution in [0.3, 0.4) is 0 Å². The predicted molar refractivity (Wildman–Crippen MR) is 84.6 cm³/mol. The summed E-state index contributed by atoms with van der Waals surface area (Å²) in [6, 6.07) is 15.0. The fourth-order valence-corrected chi connectivity index (χ4v) is 2.39. The highest BCUT2D eigenvalue weighted by Crippen LogP contribution is 2.17. The molecule has 0 aliphatic heterocycles. The van der Waals surface area contributed by atoms with E-state index >= 15 is 0 Å². The number of hydrogen-bond acceptors (Lipinski definition) is 4. The van der Waals surface area contributed by atoms with Gasteiger partial charge in [-0.25, -0.2) is 0 Å². The van der Waals surface area contributed by atoms with Crippen LogP contribution in [0.2, 0.25) is 0 Å². The fourth-order valence-electron chi connectivity index (χ4n) is 1.84. The molecule has 0 bridgehead atoms. The summed E-state index contributed by atoms with van der Waals surface area (Å²) in [4.78, 5) is 21.7. The summed E-state index contributed by atoms with van der Waals surface area (Å²) < 4.78 is 5.68. The van der Waals surface area contributed by atoms with Crippen molar-refractivity contribution in [2.75, 3.05) is 0 Å². The molecule has 0 saturated carbocycles. The summed E-state index contributed by atoms with van der Waals surface area (Å²) in [6.45, 7) is 2.00. The van der Waals surface area contributed by atoms with Gasteiger partial charge < -0.3 is 4.74 Å². The van der Waals surface area contributed by atoms with Crippen molar-refractivity contribution in [2.24, 2.45) is 0 Å². The van der Waals surface area contributed by atoms with Gasteiger partial charge in [-0.1, -0.05) is 48.2 Å². The maximum absolute atomic E-state index is 11.0. The quantitative estimate of drug-likeness (QED) is 0.760. The third-order valence-corrected chi connectivity index (χ3v) is 3.72. The van der Waals surface area contributed by atoms with E-state index in [4.69, 9.17) is 4.74 Å². The molecule has 0 amide bonds. The van der Waals surface area contributed by atoms with Crippen LogP contribution in [0.15, 0.2) is 48.5 Å². The number of hydrogen-bond donors (Lipinski definition) is 0. The SMILES string of the molecule is CC(=O)SCc1cccc(COc2cccc(C=O)c2)c1. The maximum atomic E-state index is 11.0. The van der Waals surface area contributed by atoms with E-state index in [1.54, 1.807) is 25.1 Å². The number of carbonyl (C=O) groups is 2. The number of ether oxygens (including phenoxy) is 1. The lowest BCUT2D eigenvalue weighted by atomic mass is 10.1. The summed E-state index contributed by atoms with van der Waals surface area (Å²) in [5.41, 5.74) is 2.73. The Hall–Kier alpha value is -2.07. The second-order valence-corrected chi connectivity index (χ2v) is 5.73. The first-order chi connectivity index (χ1) is 10.2. The molecule has 108 valence electrons. The van der Waals surface area contributed by atoms with Gasteiger partial charge in [-0.2, -0.15) is 0 Å². The lowest BCUT2D eigenvalue weighted by Crippen LogP contribution is -1.97. The van der Waals surface area contributed by atoms with E-state index in [-0.39, 0.29) is 5.12 Å². The van der Waals surface area contributed by atoms with Crippen LogP contribution in [0.1, 0.15) is 28.4 Å². The zero-order chi connectivity index (χ0) is 15.1. The van der Waals surface area contributed by atoms with Gasteiger partial charge in [0.15, 0.2) is 5.12 Å². The van der Waals surface area contributed by atoms with E-state index in [0.29, 0.717) is 23.7 Å². The van der Waals surface area contributed by atoms with Crippen LogP contribution in [-0.2, 0) is 17.2 Å². The molecule has 0 atom stereocenters. The van der Waals surface area contributed by atoms with Crippen molar-refractivity contribution in [3.05, 3.63) is 65.2 Å². The van der Waals surface area contributed by atoms with E-state index in [9.17, 15) is 9.59 Å². The molecule has 4 heteroatoms. The number of carbonyl (C=O) groups excluding carboxylic acids is 2. The van der Waals surface area contributed by atoms with Crippen LogP contribution in [0, 0.1) is 0 Å². The van der Waals surface area contributed by atoms with Gasteiger partial charge in [0.05, 0.1) is 0 Å². The molecule has 2 rings (SSSR count). The fraction of sp³-hybridized carbons (Fsp3) is 0.176. The molecule has 0 aliphatic carbocycles. The Balaban J connectivity index is 1.97. The van der Waals surface area contributed by atoms with Crippen molar-refractivity contribution in [1.29, 1.82) is 0 Å². The molecule has 0 spiro atoms. The minimum atomic E-state index is 0.113. The monoisotopic (exact) mass is 300 g/mol. The van der Waals surface area contributed by atoms with Gasteiger partial charge >= 0.3 is 0 Å². The molecule has 0 N–H and O–H groups in total. The van der Waals surface area contributed by atoms with E-state index < -0.39 is 0 Å². The van der Waals surface area contributed by atoms with Gasteiger partial charge in [-0.3, -0.25) is 9.59 Å². The molecule has 3 nitrogen and oxygen atoms in total. The highest BCUT2D eigenvalue weighted by Gasteiger charge is 2.01. The Labute approximate surface area is 128 Å². The minimum Gasteiger partial charge on any atom is -0.489 e. The van der Waals surface area contributed by atoms with Crippen LogP contribution in [-0.4, -0.2) is 11.4 Å². The van der Waals surface area contributed by atoms with E-state index in [2.05, 4.69) is 0 Å². The molecule has 0 unspecified atom stereocenters. The molecule has 0 radical (unpaired) electrons. The largest absolute Gasteiger partial charge is 0.489 e. The summed E-state index contributed by atoms with van der Waals surface area (Å²) in [5.74, 6) is 1.34. The first-order valence-corrected chi connectivity index (χ1v) is 7.55. The van der Waals surface area contributed by atoms with Gasteiger partial charge in [0, 0.05) is 18.2 Å². The molecule has 2 aromatic carbocycles. The van der Waals surface area contributed by atoms with Crippen molar-refractivity contribution in [2.45, 2.75) is 19.3 Å². The molecule has 0 aromatic heterocycles. The number of thioether (sulfide) groups is 1. The van der Waals surface area contributed by atoms with Gasteiger partial charge in [-0.05, 0) is 23.3 Å². The van der Waals surface area contributed by atoms with Gasteiger partial charge in [-0.15, -0.1) is 0 Å². The Kier molecular flexibility index (Phi) is 5.58. The Morgan fingerprint density at radius 1 is 1.14 bits per heavy atom. The predicted octanol–water partition coefficient (Wildman–Crippen LogP) is 3.86. The molecular formula is C17H16O3S. The second kappa shape index (κ2) is 7.64. The van der Waals surface area contributed by atoms with Crippen molar-refractivity contribution < 1.29 is 14.3 Å². The van der Waals surface area contributed by atoms with Crippen molar-refractivity contribution in [3.8, 4) is 5.75 Å². The molecule has 0 saturated heterocycles. The highest BCUT2D eigenvalue weighted by atomic mass is 32.2. The van der Waals surface area contributed by atoms with Crippen LogP contribution in [0.5, 0.6) is 5.75 Å². The molecular weight excluding hydrogens is 284 g/mol. The maximum Gasteiger partial charge on any atom is 0.186 e. The number of rotatable bonds is 6. The van der Waals surface area contributed by atoms with Gasteiger partial charge in [0.2, 0.25) is 0 Å². The van der Waals surface area contributed by atoms with Gasteiger partial charge in [0.1, 0.15) is 18.6 Å². The van der Waals surface area contributed by atoms with Crippen LogP contribution in [0.25, 0.3) is 0 Å². The molecule has 0 heterocycles. The van der Waals surface area contributed by atoms with E-state index in [0.717, 1.165) is 17.4 Å². The van der Waals surface area contributed by atoms with Crippen LogP contribution < -0.4 is 4.74 Å². The summed E-state index contributed by atoms with van der Waals surface area (Å²) in [5, 5.41) is 0.113. The van der Waals surface area contributed by atoms with E-state index in [1.807, 2.05) is 30.3 Å². The number of aldehydes is 1. The lowest BCUT2D eigenvalue weighted by Gasteiger charge is -2.08. The molecule has 21 heavy (non-hydrogen) atoms. The first-order valence-electron chi connectivity index (χ1n) is 6.56. The smallest absolute Gasteiger partial charge is 0.186 e. The zero-order valence-corrected chi connectivity index (χ0v) is 12.6. The lowest BCUT2D eigenvalue weighted by molar-refractivity contribution is -0.109. The Morgan fingerprint density at radius 3 is 2.67 bits per heavy atom. The third kappa shape index (κ3) is 5.08. The van der Waals surface area contributed by atoms with E-state index in [1.165, 1.54) is 11.8 Å². The van der Waals surface area contributed by atoms with Crippen LogP contribution in [0.4, 0.5) is 0 Å². The summed E-state index contributed by atoms with van der Waals surface area (Å²) in [6.07, 6.45) is 0.798. The van der Waals surface area contributed by atoms with Gasteiger partial charge in [0.25, 0.3) is 0 Å². The molecule has 0 aliphatic rings. The topological polar surface area (TPSA) is 43.4 Å². The van der Waals surface area contributed by atoms with Crippen molar-refractivity contribution >= 4 is 23.2 Å². The summed E-state index contributed by atoms with van der Waals surface area (Å²) >= 11 is 1.29. The standard InChI is InChI=1S/C17H16O3S/c1-13(19)21-12-16-6-2-5-15(8-16)11-20-17-7-3-4-14(9-17)10-18/h2-10H,11-12H2,1H3. The normalized spacial score (nSPS) is 10.1. The number of benzene rings is 2. The second-order valence-electron chi connectivity index (χ2n) is 4.58. The molecule has 0 fully saturated rings. The average molecular weight is 300 g/mol. The average Bonchev–Trinajstić information content (AvgIpc) is 2.51. The van der Waals surface area contributed by atoms with Crippen molar-refractivity contribution in [3.63, 3.8) is 0 Å². The summed E-state index contributed by atoms with van der Waals surface area (Å²) in [7, 11) is 0. The Bertz CT molecular complexity index is 637. The minimum absolute atomic E-state index is 0.113. The van der Waals surface area contributed by atoms with Crippen molar-refractivity contribution in [1.82, 2.24) is 0 Å². The highest BCUT2D eigenvalue weighted by molar-refractivity contribution is 8.12. The third-order valence-electron chi connectivity index (χ3n) is 2.83. The Morgan fingerprint density at radius 2 is 1.90 bits per heavy atom. The van der Waals surface area contributed by atoms with Crippen LogP contribution >= 0.6 is 11.8 Å². The molecule has 2 aromatic rings.